The fourth-order valence-electron chi connectivity index (χ4n) is 3.80. The maximum absolute atomic E-state index is 12.3. The lowest BCUT2D eigenvalue weighted by Gasteiger charge is -2.34. The van der Waals surface area contributed by atoms with E-state index in [2.05, 4.69) is 10.2 Å². The van der Waals surface area contributed by atoms with Crippen LogP contribution in [0.5, 0.6) is 0 Å². The van der Waals surface area contributed by atoms with Crippen molar-refractivity contribution < 1.29 is 14.0 Å². The van der Waals surface area contributed by atoms with Crippen molar-refractivity contribution in [2.45, 2.75) is 45.1 Å². The highest BCUT2D eigenvalue weighted by Crippen LogP contribution is 2.28. The van der Waals surface area contributed by atoms with Crippen LogP contribution < -0.4 is 5.32 Å². The summed E-state index contributed by atoms with van der Waals surface area (Å²) in [6.45, 7) is 3.80. The highest BCUT2D eigenvalue weighted by atomic mass is 16.3. The molecule has 1 N–H and O–H groups in total. The van der Waals surface area contributed by atoms with Crippen LogP contribution in [-0.4, -0.2) is 54.3 Å². The second kappa shape index (κ2) is 9.04. The summed E-state index contributed by atoms with van der Waals surface area (Å²) in [6.07, 6.45) is 8.61. The molecule has 1 aliphatic heterocycles. The number of amides is 2. The molecule has 0 radical (unpaired) electrons. The van der Waals surface area contributed by atoms with Crippen molar-refractivity contribution in [3.63, 3.8) is 0 Å². The van der Waals surface area contributed by atoms with Crippen LogP contribution in [0.1, 0.15) is 44.3 Å². The van der Waals surface area contributed by atoms with Crippen LogP contribution in [0, 0.1) is 5.92 Å². The van der Waals surface area contributed by atoms with Crippen molar-refractivity contribution in [1.82, 2.24) is 15.1 Å². The summed E-state index contributed by atoms with van der Waals surface area (Å²) in [7, 11) is 0. The van der Waals surface area contributed by atoms with Gasteiger partial charge in [-0.05, 0) is 24.5 Å². The van der Waals surface area contributed by atoms with Gasteiger partial charge in [0.15, 0.2) is 0 Å². The zero-order valence-electron chi connectivity index (χ0n) is 14.9. The van der Waals surface area contributed by atoms with E-state index in [1.165, 1.54) is 25.7 Å². The van der Waals surface area contributed by atoms with Crippen LogP contribution in [0.2, 0.25) is 0 Å². The average molecular weight is 347 g/mol. The van der Waals surface area contributed by atoms with E-state index in [0.717, 1.165) is 44.3 Å². The normalized spacial score (nSPS) is 19.3. The Kier molecular flexibility index (Phi) is 6.50. The Bertz CT molecular complexity index is 544. The molecule has 1 saturated heterocycles. The van der Waals surface area contributed by atoms with Crippen molar-refractivity contribution in [3.05, 3.63) is 24.2 Å². The van der Waals surface area contributed by atoms with Crippen LogP contribution >= 0.6 is 0 Å². The number of hydrogen-bond acceptors (Lipinski definition) is 4. The predicted molar refractivity (Wildman–Crippen MR) is 94.8 cm³/mol. The lowest BCUT2D eigenvalue weighted by Crippen LogP contribution is -2.51. The smallest absolute Gasteiger partial charge is 0.234 e. The molecule has 2 aliphatic rings. The Morgan fingerprint density at radius 3 is 2.60 bits per heavy atom. The lowest BCUT2D eigenvalue weighted by atomic mass is 10.0. The maximum atomic E-state index is 12.3. The van der Waals surface area contributed by atoms with Crippen LogP contribution in [0.4, 0.5) is 0 Å². The first-order chi connectivity index (χ1) is 12.2. The Balaban J connectivity index is 1.30. The van der Waals surface area contributed by atoms with Crippen molar-refractivity contribution in [3.8, 4) is 0 Å². The molecule has 2 amide bonds. The Labute approximate surface area is 149 Å². The topological polar surface area (TPSA) is 65.8 Å². The number of rotatable bonds is 7. The monoisotopic (exact) mass is 347 g/mol. The number of nitrogens with zero attached hydrogens (tertiary/aromatic N) is 2. The van der Waals surface area contributed by atoms with E-state index in [4.69, 9.17) is 4.42 Å². The van der Waals surface area contributed by atoms with Gasteiger partial charge in [0.05, 0.1) is 19.4 Å². The minimum absolute atomic E-state index is 0.00240. The lowest BCUT2D eigenvalue weighted by molar-refractivity contribution is -0.133. The van der Waals surface area contributed by atoms with Crippen LogP contribution in [0.15, 0.2) is 22.8 Å². The summed E-state index contributed by atoms with van der Waals surface area (Å²) < 4.78 is 5.20. The summed E-state index contributed by atoms with van der Waals surface area (Å²) >= 11 is 0. The molecule has 6 nitrogen and oxygen atoms in total. The number of carbonyl (C=O) groups excluding carboxylic acids is 2. The molecule has 0 spiro atoms. The largest absolute Gasteiger partial charge is 0.467 e. The third-order valence-corrected chi connectivity index (χ3v) is 5.37. The molecule has 0 atom stereocenters. The molecule has 1 aromatic rings. The number of furan rings is 1. The van der Waals surface area contributed by atoms with E-state index in [1.54, 1.807) is 6.26 Å². The average Bonchev–Trinajstić information content (AvgIpc) is 3.32. The molecule has 138 valence electrons. The van der Waals surface area contributed by atoms with Gasteiger partial charge in [-0.2, -0.15) is 0 Å². The molecular weight excluding hydrogens is 318 g/mol. The van der Waals surface area contributed by atoms with Gasteiger partial charge < -0.3 is 14.6 Å². The SMILES string of the molecule is O=C(CN1CCN(C(=O)CCC2CCCC2)CC1)NCc1ccco1. The summed E-state index contributed by atoms with van der Waals surface area (Å²) in [4.78, 5) is 28.4. The minimum atomic E-state index is -0.00240. The minimum Gasteiger partial charge on any atom is -0.467 e. The zero-order valence-corrected chi connectivity index (χ0v) is 14.9. The Morgan fingerprint density at radius 1 is 1.16 bits per heavy atom. The molecular formula is C19H29N3O3. The zero-order chi connectivity index (χ0) is 17.5. The maximum Gasteiger partial charge on any atom is 0.234 e. The molecule has 2 heterocycles. The van der Waals surface area contributed by atoms with E-state index < -0.39 is 0 Å². The van der Waals surface area contributed by atoms with Gasteiger partial charge in [0.2, 0.25) is 11.8 Å². The fraction of sp³-hybridized carbons (Fsp3) is 0.684. The van der Waals surface area contributed by atoms with Crippen molar-refractivity contribution >= 4 is 11.8 Å². The number of nitrogens with one attached hydrogen (secondary N) is 1. The van der Waals surface area contributed by atoms with Gasteiger partial charge in [0.1, 0.15) is 5.76 Å². The molecule has 2 fully saturated rings. The second-order valence-corrected chi connectivity index (χ2v) is 7.20. The van der Waals surface area contributed by atoms with Crippen molar-refractivity contribution in [2.75, 3.05) is 32.7 Å². The van der Waals surface area contributed by atoms with E-state index >= 15 is 0 Å². The first-order valence-electron chi connectivity index (χ1n) is 9.50. The molecule has 1 saturated carbocycles. The summed E-state index contributed by atoms with van der Waals surface area (Å²) in [6, 6.07) is 3.65. The van der Waals surface area contributed by atoms with Gasteiger partial charge in [0.25, 0.3) is 0 Å². The van der Waals surface area contributed by atoms with E-state index in [-0.39, 0.29) is 11.8 Å². The van der Waals surface area contributed by atoms with Crippen LogP contribution in [0.25, 0.3) is 0 Å². The number of piperazine rings is 1. The number of carbonyl (C=O) groups is 2. The summed E-state index contributed by atoms with van der Waals surface area (Å²) in [5, 5.41) is 2.86. The first-order valence-corrected chi connectivity index (χ1v) is 9.50. The van der Waals surface area contributed by atoms with Gasteiger partial charge in [-0.15, -0.1) is 0 Å². The molecule has 0 bridgehead atoms. The molecule has 0 aromatic carbocycles. The quantitative estimate of drug-likeness (QED) is 0.819. The predicted octanol–water partition coefficient (Wildman–Crippen LogP) is 2.01. The highest BCUT2D eigenvalue weighted by molar-refractivity contribution is 5.78. The van der Waals surface area contributed by atoms with Crippen molar-refractivity contribution in [2.24, 2.45) is 5.92 Å². The molecule has 6 heteroatoms. The molecule has 25 heavy (non-hydrogen) atoms. The van der Waals surface area contributed by atoms with Gasteiger partial charge in [-0.3, -0.25) is 14.5 Å². The standard InChI is InChI=1S/C19H29N3O3/c23-18(20-14-17-6-3-13-25-17)15-21-9-11-22(12-10-21)19(24)8-7-16-4-1-2-5-16/h3,6,13,16H,1-2,4-5,7-12,14-15H2,(H,20,23). The highest BCUT2D eigenvalue weighted by Gasteiger charge is 2.23. The summed E-state index contributed by atoms with van der Waals surface area (Å²) in [5.41, 5.74) is 0. The van der Waals surface area contributed by atoms with Crippen LogP contribution in [-0.2, 0) is 16.1 Å². The molecule has 3 rings (SSSR count). The third kappa shape index (κ3) is 5.59. The van der Waals surface area contributed by atoms with E-state index in [0.29, 0.717) is 19.5 Å². The van der Waals surface area contributed by atoms with Gasteiger partial charge in [0, 0.05) is 32.6 Å². The van der Waals surface area contributed by atoms with Gasteiger partial charge in [-0.1, -0.05) is 25.7 Å². The Morgan fingerprint density at radius 2 is 1.92 bits per heavy atom. The van der Waals surface area contributed by atoms with Gasteiger partial charge >= 0.3 is 0 Å². The molecule has 0 unspecified atom stereocenters. The van der Waals surface area contributed by atoms with Crippen LogP contribution in [0.3, 0.4) is 0 Å². The Hall–Kier alpha value is -1.82. The van der Waals surface area contributed by atoms with Gasteiger partial charge in [-0.25, -0.2) is 0 Å². The second-order valence-electron chi connectivity index (χ2n) is 7.20. The van der Waals surface area contributed by atoms with Crippen molar-refractivity contribution in [1.29, 1.82) is 0 Å². The molecule has 1 aliphatic carbocycles. The summed E-state index contributed by atoms with van der Waals surface area (Å²) in [5.74, 6) is 1.81. The van der Waals surface area contributed by atoms with E-state index in [9.17, 15) is 9.59 Å². The van der Waals surface area contributed by atoms with E-state index in [1.807, 2.05) is 17.0 Å². The first kappa shape index (κ1) is 18.0. The number of hydrogen-bond donors (Lipinski definition) is 1. The molecule has 1 aromatic heterocycles. The third-order valence-electron chi connectivity index (χ3n) is 5.37. The fourth-order valence-corrected chi connectivity index (χ4v) is 3.80.